The van der Waals surface area contributed by atoms with Gasteiger partial charge in [0.2, 0.25) is 5.91 Å². The Balaban J connectivity index is 1.49. The molecule has 8 heteroatoms. The molecule has 5 nitrogen and oxygen atoms in total. The molecule has 0 N–H and O–H groups in total. The Morgan fingerprint density at radius 1 is 1.07 bits per heavy atom. The Labute approximate surface area is 152 Å². The maximum Gasteiger partial charge on any atom is 0.258 e. The molecule has 1 aliphatic heterocycles. The van der Waals surface area contributed by atoms with E-state index in [-0.39, 0.29) is 30.7 Å². The number of aromatic nitrogens is 2. The minimum atomic E-state index is -0.689. The van der Waals surface area contributed by atoms with E-state index in [1.165, 1.54) is 35.2 Å². The van der Waals surface area contributed by atoms with Crippen LogP contribution in [-0.4, -0.2) is 27.5 Å². The molecule has 2 heterocycles. The van der Waals surface area contributed by atoms with Gasteiger partial charge in [-0.05, 0) is 35.9 Å². The third-order valence-corrected chi connectivity index (χ3v) is 4.39. The Kier molecular flexibility index (Phi) is 4.39. The summed E-state index contributed by atoms with van der Waals surface area (Å²) < 4.78 is 45.2. The minimum Gasteiger partial charge on any atom is -0.338 e. The number of likely N-dealkylation sites (tertiary alicyclic amines) is 1. The van der Waals surface area contributed by atoms with Crippen molar-refractivity contribution in [1.29, 1.82) is 0 Å². The molecule has 1 atom stereocenters. The van der Waals surface area contributed by atoms with Crippen LogP contribution in [0, 0.1) is 17.5 Å². The van der Waals surface area contributed by atoms with E-state index in [1.807, 2.05) is 0 Å². The van der Waals surface area contributed by atoms with Crippen molar-refractivity contribution in [2.45, 2.75) is 18.9 Å². The number of hydrogen-bond donors (Lipinski definition) is 0. The molecule has 27 heavy (non-hydrogen) atoms. The number of amides is 1. The Hall–Kier alpha value is -3.16. The molecule has 1 saturated heterocycles. The van der Waals surface area contributed by atoms with Crippen LogP contribution in [0.4, 0.5) is 13.2 Å². The Morgan fingerprint density at radius 2 is 1.85 bits per heavy atom. The van der Waals surface area contributed by atoms with Crippen LogP contribution in [0.15, 0.2) is 47.0 Å². The number of halogens is 3. The van der Waals surface area contributed by atoms with Crippen molar-refractivity contribution in [2.24, 2.45) is 0 Å². The van der Waals surface area contributed by atoms with Gasteiger partial charge in [-0.2, -0.15) is 4.98 Å². The number of hydrogen-bond acceptors (Lipinski definition) is 4. The molecule has 1 aliphatic rings. The van der Waals surface area contributed by atoms with Crippen molar-refractivity contribution in [2.75, 3.05) is 6.54 Å². The van der Waals surface area contributed by atoms with E-state index in [0.29, 0.717) is 23.5 Å². The zero-order valence-corrected chi connectivity index (χ0v) is 14.0. The summed E-state index contributed by atoms with van der Waals surface area (Å²) in [6.45, 7) is 0.401. The lowest BCUT2D eigenvalue weighted by atomic mass is 10.1. The van der Waals surface area contributed by atoms with Crippen LogP contribution in [0.3, 0.4) is 0 Å². The van der Waals surface area contributed by atoms with Crippen molar-refractivity contribution < 1.29 is 22.5 Å². The molecule has 1 aromatic heterocycles. The third-order valence-electron chi connectivity index (χ3n) is 4.39. The molecule has 0 aliphatic carbocycles. The predicted molar refractivity (Wildman–Crippen MR) is 88.8 cm³/mol. The van der Waals surface area contributed by atoms with Gasteiger partial charge in [0.25, 0.3) is 5.89 Å². The Bertz CT molecular complexity index is 985. The van der Waals surface area contributed by atoms with Gasteiger partial charge in [-0.15, -0.1) is 0 Å². The summed E-state index contributed by atoms with van der Waals surface area (Å²) in [6.07, 6.45) is 0.167. The third kappa shape index (κ3) is 3.69. The smallest absolute Gasteiger partial charge is 0.258 e. The van der Waals surface area contributed by atoms with E-state index < -0.39 is 17.5 Å². The fourth-order valence-corrected chi connectivity index (χ4v) is 3.16. The predicted octanol–water partition coefficient (Wildman–Crippen LogP) is 3.67. The van der Waals surface area contributed by atoms with Crippen LogP contribution in [0.1, 0.15) is 23.7 Å². The van der Waals surface area contributed by atoms with Gasteiger partial charge in [0, 0.05) is 37.1 Å². The molecule has 1 unspecified atom stereocenters. The van der Waals surface area contributed by atoms with E-state index >= 15 is 0 Å². The van der Waals surface area contributed by atoms with E-state index in [1.54, 1.807) is 6.07 Å². The van der Waals surface area contributed by atoms with Crippen molar-refractivity contribution in [3.05, 3.63) is 71.3 Å². The van der Waals surface area contributed by atoms with Crippen LogP contribution in [0.2, 0.25) is 0 Å². The van der Waals surface area contributed by atoms with Gasteiger partial charge >= 0.3 is 0 Å². The number of rotatable bonds is 4. The van der Waals surface area contributed by atoms with Crippen LogP contribution in [-0.2, 0) is 11.3 Å². The summed E-state index contributed by atoms with van der Waals surface area (Å²) in [7, 11) is 0. The highest BCUT2D eigenvalue weighted by atomic mass is 19.1. The van der Waals surface area contributed by atoms with E-state index in [2.05, 4.69) is 10.1 Å². The number of nitrogens with zero attached hydrogens (tertiary/aromatic N) is 3. The summed E-state index contributed by atoms with van der Waals surface area (Å²) in [6, 6.07) is 8.94. The lowest BCUT2D eigenvalue weighted by Crippen LogP contribution is -2.24. The van der Waals surface area contributed by atoms with E-state index in [9.17, 15) is 18.0 Å². The van der Waals surface area contributed by atoms with Crippen LogP contribution < -0.4 is 0 Å². The number of carbonyl (C=O) groups excluding carboxylic acids is 1. The molecule has 2 aromatic carbocycles. The molecular formula is C19H14F3N3O2. The summed E-state index contributed by atoms with van der Waals surface area (Å²) in [5, 5.41) is 3.90. The zero-order valence-electron chi connectivity index (χ0n) is 14.0. The summed E-state index contributed by atoms with van der Waals surface area (Å²) >= 11 is 0. The van der Waals surface area contributed by atoms with E-state index in [4.69, 9.17) is 4.52 Å². The van der Waals surface area contributed by atoms with Gasteiger partial charge in [0.1, 0.15) is 17.5 Å². The molecule has 3 aromatic rings. The van der Waals surface area contributed by atoms with Crippen LogP contribution in [0.5, 0.6) is 0 Å². The quantitative estimate of drug-likeness (QED) is 0.700. The lowest BCUT2D eigenvalue weighted by Gasteiger charge is -2.16. The summed E-state index contributed by atoms with van der Waals surface area (Å²) in [5.74, 6) is -1.75. The highest BCUT2D eigenvalue weighted by molar-refractivity contribution is 5.79. The average Bonchev–Trinajstić information content (AvgIpc) is 3.22. The van der Waals surface area contributed by atoms with Crippen molar-refractivity contribution in [3.8, 4) is 11.5 Å². The molecular weight excluding hydrogens is 359 g/mol. The minimum absolute atomic E-state index is 0.0959. The van der Waals surface area contributed by atoms with Crippen molar-refractivity contribution in [3.63, 3.8) is 0 Å². The molecule has 0 spiro atoms. The second-order valence-corrected chi connectivity index (χ2v) is 6.42. The molecule has 1 amide bonds. The standard InChI is InChI=1S/C19H14F3N3O2/c20-14-3-1-2-12(6-14)19-23-18(24-27-19)13-7-17(26)25(10-13)9-11-4-15(21)8-16(22)5-11/h1-6,8,13H,7,9-10H2. The van der Waals surface area contributed by atoms with Gasteiger partial charge in [-0.25, -0.2) is 13.2 Å². The van der Waals surface area contributed by atoms with Crippen LogP contribution >= 0.6 is 0 Å². The molecule has 1 fully saturated rings. The number of benzene rings is 2. The monoisotopic (exact) mass is 373 g/mol. The second-order valence-electron chi connectivity index (χ2n) is 6.42. The molecule has 4 rings (SSSR count). The summed E-state index contributed by atoms with van der Waals surface area (Å²) in [4.78, 5) is 18.0. The topological polar surface area (TPSA) is 59.2 Å². The fourth-order valence-electron chi connectivity index (χ4n) is 3.16. The maximum absolute atomic E-state index is 13.3. The maximum atomic E-state index is 13.3. The first-order valence-electron chi connectivity index (χ1n) is 8.30. The summed E-state index contributed by atoms with van der Waals surface area (Å²) in [5.41, 5.74) is 0.820. The second kappa shape index (κ2) is 6.86. The molecule has 0 bridgehead atoms. The first kappa shape index (κ1) is 17.3. The lowest BCUT2D eigenvalue weighted by molar-refractivity contribution is -0.128. The first-order valence-corrected chi connectivity index (χ1v) is 8.30. The highest BCUT2D eigenvalue weighted by Crippen LogP contribution is 2.29. The SMILES string of the molecule is O=C1CC(c2noc(-c3cccc(F)c3)n2)CN1Cc1cc(F)cc(F)c1. The van der Waals surface area contributed by atoms with Crippen LogP contribution in [0.25, 0.3) is 11.5 Å². The largest absolute Gasteiger partial charge is 0.338 e. The van der Waals surface area contributed by atoms with Gasteiger partial charge in [-0.3, -0.25) is 4.79 Å². The first-order chi connectivity index (χ1) is 13.0. The van der Waals surface area contributed by atoms with Gasteiger partial charge in [0.05, 0.1) is 0 Å². The highest BCUT2D eigenvalue weighted by Gasteiger charge is 2.34. The number of carbonyl (C=O) groups is 1. The average molecular weight is 373 g/mol. The van der Waals surface area contributed by atoms with Gasteiger partial charge in [-0.1, -0.05) is 11.2 Å². The Morgan fingerprint density at radius 3 is 2.59 bits per heavy atom. The van der Waals surface area contributed by atoms with Crippen molar-refractivity contribution in [1.82, 2.24) is 15.0 Å². The fraction of sp³-hybridized carbons (Fsp3) is 0.211. The molecule has 0 radical (unpaired) electrons. The molecule has 138 valence electrons. The van der Waals surface area contributed by atoms with Gasteiger partial charge < -0.3 is 9.42 Å². The zero-order chi connectivity index (χ0) is 19.0. The van der Waals surface area contributed by atoms with Gasteiger partial charge in [0.15, 0.2) is 5.82 Å². The molecule has 0 saturated carbocycles. The van der Waals surface area contributed by atoms with E-state index in [0.717, 1.165) is 6.07 Å². The normalized spacial score (nSPS) is 16.9. The van der Waals surface area contributed by atoms with Crippen molar-refractivity contribution >= 4 is 5.91 Å².